The summed E-state index contributed by atoms with van der Waals surface area (Å²) in [7, 11) is 0. The van der Waals surface area contributed by atoms with Crippen LogP contribution in [0.5, 0.6) is 0 Å². The van der Waals surface area contributed by atoms with Crippen LogP contribution < -0.4 is 10.6 Å². The van der Waals surface area contributed by atoms with Crippen LogP contribution >= 0.6 is 11.3 Å². The van der Waals surface area contributed by atoms with Gasteiger partial charge in [0.2, 0.25) is 11.8 Å². The average molecular weight is 401 g/mol. The molecule has 1 aliphatic heterocycles. The van der Waals surface area contributed by atoms with E-state index >= 15 is 0 Å². The molecule has 148 valence electrons. The molecule has 28 heavy (non-hydrogen) atoms. The molecule has 0 bridgehead atoms. The Morgan fingerprint density at radius 3 is 2.50 bits per heavy atom. The summed E-state index contributed by atoms with van der Waals surface area (Å²) in [6, 6.07) is 7.34. The first-order valence-corrected chi connectivity index (χ1v) is 9.91. The predicted molar refractivity (Wildman–Crippen MR) is 108 cm³/mol. The minimum atomic E-state index is -0.242. The number of anilines is 2. The minimum absolute atomic E-state index is 0.0218. The van der Waals surface area contributed by atoms with Crippen molar-refractivity contribution in [1.82, 2.24) is 14.8 Å². The molecule has 2 heterocycles. The van der Waals surface area contributed by atoms with Gasteiger partial charge in [0, 0.05) is 44.2 Å². The zero-order chi connectivity index (χ0) is 20.1. The van der Waals surface area contributed by atoms with Crippen molar-refractivity contribution >= 4 is 40.0 Å². The smallest absolute Gasteiger partial charge is 0.323 e. The predicted octanol–water partition coefficient (Wildman–Crippen LogP) is 2.33. The van der Waals surface area contributed by atoms with Crippen molar-refractivity contribution in [2.24, 2.45) is 0 Å². The van der Waals surface area contributed by atoms with E-state index in [4.69, 9.17) is 0 Å². The molecule has 0 saturated carbocycles. The van der Waals surface area contributed by atoms with Crippen LogP contribution in [-0.2, 0) is 16.0 Å². The first kappa shape index (κ1) is 19.8. The fourth-order valence-electron chi connectivity index (χ4n) is 2.93. The molecule has 3 rings (SSSR count). The van der Waals surface area contributed by atoms with Crippen LogP contribution in [0.2, 0.25) is 0 Å². The van der Waals surface area contributed by atoms with Gasteiger partial charge in [-0.2, -0.15) is 0 Å². The number of thiazole rings is 1. The van der Waals surface area contributed by atoms with Crippen molar-refractivity contribution in [1.29, 1.82) is 0 Å². The highest BCUT2D eigenvalue weighted by molar-refractivity contribution is 7.13. The number of piperazine rings is 1. The summed E-state index contributed by atoms with van der Waals surface area (Å²) in [4.78, 5) is 43.6. The second-order valence-corrected chi connectivity index (χ2v) is 7.52. The number of hydrogen-bond donors (Lipinski definition) is 2. The van der Waals surface area contributed by atoms with Crippen molar-refractivity contribution in [3.63, 3.8) is 0 Å². The van der Waals surface area contributed by atoms with E-state index in [2.05, 4.69) is 15.6 Å². The summed E-state index contributed by atoms with van der Waals surface area (Å²) in [5.41, 5.74) is 2.42. The number of aromatic nitrogens is 1. The lowest BCUT2D eigenvalue weighted by Gasteiger charge is -2.33. The molecule has 2 aromatic rings. The summed E-state index contributed by atoms with van der Waals surface area (Å²) in [6.07, 6.45) is 0.137. The maximum atomic E-state index is 12.3. The number of nitrogens with zero attached hydrogens (tertiary/aromatic N) is 3. The standard InChI is InChI=1S/C19H23N5O3S/c1-13-4-3-5-15(10-13)20-17(26)11-16-12-28-18(21-16)22-19(27)24-8-6-23(7-9-24)14(2)25/h3-5,10,12H,6-9,11H2,1-2H3,(H,20,26)(H,21,22,27). The highest BCUT2D eigenvalue weighted by atomic mass is 32.1. The Labute approximate surface area is 167 Å². The Morgan fingerprint density at radius 2 is 1.82 bits per heavy atom. The largest absolute Gasteiger partial charge is 0.339 e. The maximum Gasteiger partial charge on any atom is 0.323 e. The van der Waals surface area contributed by atoms with E-state index in [1.807, 2.05) is 31.2 Å². The van der Waals surface area contributed by atoms with Gasteiger partial charge in [0.15, 0.2) is 5.13 Å². The van der Waals surface area contributed by atoms with Crippen LogP contribution in [0.1, 0.15) is 18.2 Å². The van der Waals surface area contributed by atoms with Gasteiger partial charge in [-0.1, -0.05) is 12.1 Å². The molecular weight excluding hydrogens is 378 g/mol. The molecule has 4 amide bonds. The third kappa shape index (κ3) is 5.29. The molecule has 8 nitrogen and oxygen atoms in total. The lowest BCUT2D eigenvalue weighted by atomic mass is 10.2. The van der Waals surface area contributed by atoms with Crippen molar-refractivity contribution in [2.45, 2.75) is 20.3 Å². The van der Waals surface area contributed by atoms with Crippen molar-refractivity contribution in [3.05, 3.63) is 40.9 Å². The molecule has 0 aliphatic carbocycles. The molecule has 0 atom stereocenters. The van der Waals surface area contributed by atoms with Crippen LogP contribution in [0.3, 0.4) is 0 Å². The van der Waals surface area contributed by atoms with E-state index in [9.17, 15) is 14.4 Å². The highest BCUT2D eigenvalue weighted by Gasteiger charge is 2.23. The lowest BCUT2D eigenvalue weighted by molar-refractivity contribution is -0.130. The summed E-state index contributed by atoms with van der Waals surface area (Å²) in [5.74, 6) is -0.136. The van der Waals surface area contributed by atoms with Gasteiger partial charge in [-0.3, -0.25) is 14.9 Å². The molecule has 9 heteroatoms. The maximum absolute atomic E-state index is 12.3. The van der Waals surface area contributed by atoms with Gasteiger partial charge in [-0.25, -0.2) is 9.78 Å². The number of carbonyl (C=O) groups is 3. The fourth-order valence-corrected chi connectivity index (χ4v) is 3.63. The van der Waals surface area contributed by atoms with E-state index < -0.39 is 0 Å². The number of benzene rings is 1. The number of amides is 4. The first-order chi connectivity index (χ1) is 13.4. The van der Waals surface area contributed by atoms with Gasteiger partial charge in [0.1, 0.15) is 0 Å². The van der Waals surface area contributed by atoms with Gasteiger partial charge >= 0.3 is 6.03 Å². The normalized spacial score (nSPS) is 13.9. The molecule has 1 saturated heterocycles. The van der Waals surface area contributed by atoms with Gasteiger partial charge in [-0.15, -0.1) is 11.3 Å². The molecule has 1 fully saturated rings. The third-order valence-corrected chi connectivity index (χ3v) is 5.23. The lowest BCUT2D eigenvalue weighted by Crippen LogP contribution is -2.51. The van der Waals surface area contributed by atoms with E-state index in [-0.39, 0.29) is 24.3 Å². The number of carbonyl (C=O) groups excluding carboxylic acids is 3. The Balaban J connectivity index is 1.49. The molecule has 0 radical (unpaired) electrons. The second kappa shape index (κ2) is 8.83. The Bertz CT molecular complexity index is 874. The van der Waals surface area contributed by atoms with Crippen LogP contribution in [0.25, 0.3) is 0 Å². The molecule has 2 N–H and O–H groups in total. The second-order valence-electron chi connectivity index (χ2n) is 6.66. The van der Waals surface area contributed by atoms with Crippen LogP contribution in [-0.4, -0.2) is 58.8 Å². The Hall–Kier alpha value is -2.94. The topological polar surface area (TPSA) is 94.6 Å². The van der Waals surface area contributed by atoms with Crippen molar-refractivity contribution in [3.8, 4) is 0 Å². The Kier molecular flexibility index (Phi) is 6.25. The molecular formula is C19H23N5O3S. The van der Waals surface area contributed by atoms with Gasteiger partial charge in [0.05, 0.1) is 12.1 Å². The van der Waals surface area contributed by atoms with E-state index in [1.165, 1.54) is 18.3 Å². The third-order valence-electron chi connectivity index (χ3n) is 4.42. The van der Waals surface area contributed by atoms with Gasteiger partial charge < -0.3 is 15.1 Å². The van der Waals surface area contributed by atoms with Crippen molar-refractivity contribution < 1.29 is 14.4 Å². The zero-order valence-electron chi connectivity index (χ0n) is 15.9. The minimum Gasteiger partial charge on any atom is -0.339 e. The van der Waals surface area contributed by atoms with Crippen LogP contribution in [0.4, 0.5) is 15.6 Å². The first-order valence-electron chi connectivity index (χ1n) is 9.03. The summed E-state index contributed by atoms with van der Waals surface area (Å²) in [6.45, 7) is 5.54. The molecule has 1 aliphatic rings. The fraction of sp³-hybridized carbons (Fsp3) is 0.368. The Morgan fingerprint density at radius 1 is 1.11 bits per heavy atom. The number of hydrogen-bond acceptors (Lipinski definition) is 5. The number of nitrogens with one attached hydrogen (secondary N) is 2. The SMILES string of the molecule is CC(=O)N1CCN(C(=O)Nc2nc(CC(=O)Nc3cccc(C)c3)cs2)CC1. The number of aryl methyl sites for hydroxylation is 1. The molecule has 1 aromatic heterocycles. The summed E-state index contributed by atoms with van der Waals surface area (Å²) >= 11 is 1.28. The molecule has 0 spiro atoms. The zero-order valence-corrected chi connectivity index (χ0v) is 16.7. The average Bonchev–Trinajstić information content (AvgIpc) is 3.08. The number of rotatable bonds is 4. The van der Waals surface area contributed by atoms with E-state index in [0.717, 1.165) is 11.3 Å². The monoisotopic (exact) mass is 401 g/mol. The van der Waals surface area contributed by atoms with E-state index in [1.54, 1.807) is 15.2 Å². The molecule has 1 aromatic carbocycles. The number of urea groups is 1. The molecule has 0 unspecified atom stereocenters. The summed E-state index contributed by atoms with van der Waals surface area (Å²) < 4.78 is 0. The van der Waals surface area contributed by atoms with Crippen LogP contribution in [0.15, 0.2) is 29.6 Å². The van der Waals surface area contributed by atoms with Gasteiger partial charge in [-0.05, 0) is 24.6 Å². The van der Waals surface area contributed by atoms with Crippen LogP contribution in [0, 0.1) is 6.92 Å². The van der Waals surface area contributed by atoms with Crippen molar-refractivity contribution in [2.75, 3.05) is 36.8 Å². The highest BCUT2D eigenvalue weighted by Crippen LogP contribution is 2.18. The van der Waals surface area contributed by atoms with Gasteiger partial charge in [0.25, 0.3) is 0 Å². The van der Waals surface area contributed by atoms with E-state index in [0.29, 0.717) is 37.0 Å². The summed E-state index contributed by atoms with van der Waals surface area (Å²) in [5, 5.41) is 7.83. The quantitative estimate of drug-likeness (QED) is 0.822.